The number of alkyl halides is 2. The van der Waals surface area contributed by atoms with Gasteiger partial charge in [0.2, 0.25) is 0 Å². The molecule has 1 saturated heterocycles. The lowest BCUT2D eigenvalue weighted by molar-refractivity contribution is 0.0179. The van der Waals surface area contributed by atoms with E-state index in [4.69, 9.17) is 4.74 Å². The van der Waals surface area contributed by atoms with Crippen LogP contribution < -0.4 is 4.74 Å². The first-order valence-electron chi connectivity index (χ1n) is 12.5. The number of ether oxygens (including phenoxy) is 1. The van der Waals surface area contributed by atoms with E-state index in [-0.39, 0.29) is 30.5 Å². The monoisotopic (exact) mass is 523 g/mol. The Morgan fingerprint density at radius 2 is 1.86 bits per heavy atom. The third kappa shape index (κ3) is 5.19. The number of H-pyrrole nitrogens is 1. The lowest BCUT2D eigenvalue weighted by atomic mass is 9.90. The van der Waals surface area contributed by atoms with Crippen LogP contribution in [0.4, 0.5) is 22.0 Å². The summed E-state index contributed by atoms with van der Waals surface area (Å²) in [5, 5.41) is 10.1. The van der Waals surface area contributed by atoms with Crippen molar-refractivity contribution in [2.45, 2.75) is 37.6 Å². The molecule has 2 N–H and O–H groups in total. The Kier molecular flexibility index (Phi) is 7.17. The zero-order valence-corrected chi connectivity index (χ0v) is 20.5. The van der Waals surface area contributed by atoms with Crippen LogP contribution in [0, 0.1) is 17.5 Å². The van der Waals surface area contributed by atoms with E-state index in [2.05, 4.69) is 4.98 Å². The molecular formula is C27H30F5N3O2. The minimum atomic E-state index is -2.00. The first kappa shape index (κ1) is 25.9. The largest absolute Gasteiger partial charge is 0.488 e. The van der Waals surface area contributed by atoms with Crippen LogP contribution in [0.5, 0.6) is 5.75 Å². The number of hydrogen-bond acceptors (Lipinski definition) is 4. The van der Waals surface area contributed by atoms with Crippen LogP contribution in [0.25, 0.3) is 10.9 Å². The minimum Gasteiger partial charge on any atom is -0.488 e. The van der Waals surface area contributed by atoms with Crippen LogP contribution >= 0.6 is 0 Å². The van der Waals surface area contributed by atoms with Gasteiger partial charge in [0.25, 0.3) is 0 Å². The lowest BCUT2D eigenvalue weighted by Crippen LogP contribution is -2.53. The molecule has 5 nitrogen and oxygen atoms in total. The van der Waals surface area contributed by atoms with Gasteiger partial charge in [-0.2, -0.15) is 0 Å². The fourth-order valence-corrected chi connectivity index (χ4v) is 5.43. The zero-order chi connectivity index (χ0) is 26.3. The zero-order valence-electron chi connectivity index (χ0n) is 20.5. The van der Waals surface area contributed by atoms with Crippen LogP contribution in [-0.4, -0.2) is 77.7 Å². The first-order chi connectivity index (χ1) is 17.7. The van der Waals surface area contributed by atoms with Crippen molar-refractivity contribution < 1.29 is 31.8 Å². The number of aromatic amines is 1. The molecular weight excluding hydrogens is 493 g/mol. The van der Waals surface area contributed by atoms with E-state index in [1.54, 1.807) is 11.0 Å². The fraction of sp³-hybridized carbons (Fsp3) is 0.481. The molecule has 0 bridgehead atoms. The molecule has 200 valence electrons. The summed E-state index contributed by atoms with van der Waals surface area (Å²) in [7, 11) is 0. The van der Waals surface area contributed by atoms with Crippen LogP contribution in [0.15, 0.2) is 30.3 Å². The number of aliphatic hydroxyl groups excluding tert-OH is 1. The second-order valence-electron chi connectivity index (χ2n) is 10.2. The number of hydrogen-bond donors (Lipinski definition) is 2. The van der Waals surface area contributed by atoms with Crippen LogP contribution in [0.2, 0.25) is 0 Å². The molecule has 1 aromatic heterocycles. The van der Waals surface area contributed by atoms with Gasteiger partial charge < -0.3 is 14.8 Å². The summed E-state index contributed by atoms with van der Waals surface area (Å²) >= 11 is 0. The maximum absolute atomic E-state index is 15.6. The summed E-state index contributed by atoms with van der Waals surface area (Å²) in [4.78, 5) is 6.78. The predicted octanol–water partition coefficient (Wildman–Crippen LogP) is 4.68. The maximum Gasteiger partial charge on any atom is 0.143 e. The van der Waals surface area contributed by atoms with Crippen LogP contribution in [0.1, 0.15) is 36.2 Å². The summed E-state index contributed by atoms with van der Waals surface area (Å²) in [6.07, 6.45) is 0.600. The van der Waals surface area contributed by atoms with Crippen molar-refractivity contribution >= 4 is 10.9 Å². The van der Waals surface area contributed by atoms with Crippen LogP contribution in [0.3, 0.4) is 0 Å². The molecule has 2 aliphatic rings. The Morgan fingerprint density at radius 1 is 1.14 bits per heavy atom. The van der Waals surface area contributed by atoms with Gasteiger partial charge in [0.15, 0.2) is 0 Å². The highest BCUT2D eigenvalue weighted by atomic mass is 19.2. The molecule has 5 rings (SSSR count). The van der Waals surface area contributed by atoms with E-state index in [0.29, 0.717) is 49.1 Å². The summed E-state index contributed by atoms with van der Waals surface area (Å²) < 4.78 is 78.2. The number of aromatic nitrogens is 1. The SMILES string of the molecule is CC(F)(CO)CN1CCc2c([nH]c3ccc(F)cc23)[C@@H]1c1c(F)cc(OC2CN(CCCF)C2)cc1F. The van der Waals surface area contributed by atoms with Crippen molar-refractivity contribution in [2.75, 3.05) is 46.0 Å². The van der Waals surface area contributed by atoms with Gasteiger partial charge in [-0.1, -0.05) is 0 Å². The van der Waals surface area contributed by atoms with Gasteiger partial charge in [0.05, 0.1) is 19.3 Å². The number of aliphatic hydroxyl groups is 1. The fourth-order valence-electron chi connectivity index (χ4n) is 5.43. The predicted molar refractivity (Wildman–Crippen MR) is 130 cm³/mol. The molecule has 0 spiro atoms. The number of nitrogens with one attached hydrogen (secondary N) is 1. The Morgan fingerprint density at radius 3 is 2.54 bits per heavy atom. The highest BCUT2D eigenvalue weighted by Crippen LogP contribution is 2.42. The second kappa shape index (κ2) is 10.2. The normalized spacial score (nSPS) is 20.6. The quantitative estimate of drug-likeness (QED) is 0.400. The number of likely N-dealkylation sites (tertiary alicyclic amines) is 1. The Labute approximate surface area is 211 Å². The van der Waals surface area contributed by atoms with E-state index in [1.807, 2.05) is 4.90 Å². The van der Waals surface area contributed by atoms with Gasteiger partial charge in [-0.3, -0.25) is 14.2 Å². The van der Waals surface area contributed by atoms with Gasteiger partial charge in [-0.15, -0.1) is 0 Å². The highest BCUT2D eigenvalue weighted by Gasteiger charge is 2.39. The summed E-state index contributed by atoms with van der Waals surface area (Å²) in [5.41, 5.74) is -0.460. The van der Waals surface area contributed by atoms with E-state index in [0.717, 1.165) is 17.7 Å². The molecule has 0 saturated carbocycles. The lowest BCUT2D eigenvalue weighted by Gasteiger charge is -2.40. The third-order valence-corrected chi connectivity index (χ3v) is 7.21. The van der Waals surface area contributed by atoms with Crippen molar-refractivity contribution in [3.8, 4) is 5.75 Å². The van der Waals surface area contributed by atoms with Gasteiger partial charge in [0.1, 0.15) is 35.0 Å². The molecule has 1 unspecified atom stereocenters. The standard InChI is InChI=1S/C27H30F5N3O2/c1-27(32,15-36)14-35-8-5-19-20-9-16(29)3-4-23(20)33-25(19)26(35)24-21(30)10-17(11-22(24)31)37-18-12-34(13-18)7-2-6-28/h3-4,9-11,18,26,33,36H,2,5-8,12-15H2,1H3/t26-,27?/m0/s1. The number of halogens is 5. The molecule has 2 aliphatic heterocycles. The van der Waals surface area contributed by atoms with Crippen molar-refractivity contribution in [2.24, 2.45) is 0 Å². The van der Waals surface area contributed by atoms with Crippen molar-refractivity contribution in [1.82, 2.24) is 14.8 Å². The molecule has 0 amide bonds. The minimum absolute atomic E-state index is 0.0425. The molecule has 2 aromatic carbocycles. The summed E-state index contributed by atoms with van der Waals surface area (Å²) in [6, 6.07) is 5.47. The highest BCUT2D eigenvalue weighted by molar-refractivity contribution is 5.85. The molecule has 3 heterocycles. The number of fused-ring (bicyclic) bond motifs is 3. The third-order valence-electron chi connectivity index (χ3n) is 7.21. The number of rotatable bonds is 9. The first-order valence-corrected chi connectivity index (χ1v) is 12.5. The van der Waals surface area contributed by atoms with Gasteiger partial charge in [-0.05, 0) is 43.5 Å². The Balaban J connectivity index is 1.48. The topological polar surface area (TPSA) is 51.7 Å². The van der Waals surface area contributed by atoms with E-state index in [9.17, 15) is 18.3 Å². The van der Waals surface area contributed by atoms with Crippen LogP contribution in [-0.2, 0) is 6.42 Å². The molecule has 10 heteroatoms. The Hall–Kier alpha value is -2.69. The summed E-state index contributed by atoms with van der Waals surface area (Å²) in [6.45, 7) is 1.79. The second-order valence-corrected chi connectivity index (χ2v) is 10.2. The average Bonchev–Trinajstić information content (AvgIpc) is 3.18. The molecule has 1 fully saturated rings. The van der Waals surface area contributed by atoms with Crippen molar-refractivity contribution in [3.05, 3.63) is 64.6 Å². The molecule has 0 aliphatic carbocycles. The Bertz CT molecular complexity index is 1250. The summed E-state index contributed by atoms with van der Waals surface area (Å²) in [5.74, 6) is -2.08. The van der Waals surface area contributed by atoms with Gasteiger partial charge >= 0.3 is 0 Å². The van der Waals surface area contributed by atoms with E-state index in [1.165, 1.54) is 19.1 Å². The number of nitrogens with zero attached hydrogens (tertiary/aromatic N) is 2. The molecule has 37 heavy (non-hydrogen) atoms. The van der Waals surface area contributed by atoms with Gasteiger partial charge in [-0.25, -0.2) is 17.6 Å². The van der Waals surface area contributed by atoms with E-state index >= 15 is 8.78 Å². The molecule has 3 aromatic rings. The molecule has 0 radical (unpaired) electrons. The smallest absolute Gasteiger partial charge is 0.143 e. The molecule has 2 atom stereocenters. The number of benzene rings is 2. The van der Waals surface area contributed by atoms with Gasteiger partial charge in [0, 0.05) is 67.0 Å². The average molecular weight is 524 g/mol. The van der Waals surface area contributed by atoms with Crippen molar-refractivity contribution in [1.29, 1.82) is 0 Å². The van der Waals surface area contributed by atoms with Crippen molar-refractivity contribution in [3.63, 3.8) is 0 Å². The van der Waals surface area contributed by atoms with E-state index < -0.39 is 42.4 Å². The maximum atomic E-state index is 15.6.